The fourth-order valence-electron chi connectivity index (χ4n) is 3.40. The van der Waals surface area contributed by atoms with Crippen molar-refractivity contribution in [3.63, 3.8) is 0 Å². The number of rotatable bonds is 9. The summed E-state index contributed by atoms with van der Waals surface area (Å²) in [4.78, 5) is 26.3. The normalized spacial score (nSPS) is 11.3. The van der Waals surface area contributed by atoms with Crippen molar-refractivity contribution in [1.29, 1.82) is 0 Å². The summed E-state index contributed by atoms with van der Waals surface area (Å²) in [6.45, 7) is 1.37. The van der Waals surface area contributed by atoms with Crippen molar-refractivity contribution in [3.05, 3.63) is 74.3 Å². The standard InChI is InChI=1S/C24H24ClF4N5O3S/c1-12-8-9-15(14(26)10-12)32-21-18(22(35)31-11-24(27,28)29)20(13(2)23(36)34(21)4)37-17-7-5-6-16(19(17)25)33-38-30-3/h5-10,30,32-33H,11H2,1-4H3,(H,31,35). The molecule has 38 heavy (non-hydrogen) atoms. The van der Waals surface area contributed by atoms with Crippen molar-refractivity contribution in [2.45, 2.75) is 20.0 Å². The van der Waals surface area contributed by atoms with Gasteiger partial charge in [0.05, 0.1) is 16.9 Å². The number of aromatic nitrogens is 1. The second-order valence-electron chi connectivity index (χ2n) is 8.08. The van der Waals surface area contributed by atoms with Crippen LogP contribution in [0, 0.1) is 19.7 Å². The summed E-state index contributed by atoms with van der Waals surface area (Å²) in [6.07, 6.45) is -4.71. The van der Waals surface area contributed by atoms with Gasteiger partial charge in [-0.2, -0.15) is 13.2 Å². The van der Waals surface area contributed by atoms with Gasteiger partial charge in [0.2, 0.25) is 0 Å². The lowest BCUT2D eigenvalue weighted by atomic mass is 10.1. The lowest BCUT2D eigenvalue weighted by Gasteiger charge is -2.22. The number of aryl methyl sites for hydroxylation is 1. The number of nitrogens with one attached hydrogen (secondary N) is 4. The highest BCUT2D eigenvalue weighted by atomic mass is 35.5. The van der Waals surface area contributed by atoms with Gasteiger partial charge in [0.15, 0.2) is 5.75 Å². The Kier molecular flexibility index (Phi) is 9.18. The number of hydrogen-bond acceptors (Lipinski definition) is 7. The average molecular weight is 574 g/mol. The minimum absolute atomic E-state index is 0.0158. The first-order valence-electron chi connectivity index (χ1n) is 11.0. The SMILES string of the molecule is CNSNc1cccc(Oc2c(C(=O)NCC(F)(F)F)c(Nc3ccc(C)cc3F)n(C)c(=O)c2C)c1Cl. The lowest BCUT2D eigenvalue weighted by molar-refractivity contribution is -0.123. The number of carbonyl (C=O) groups is 1. The molecule has 0 fully saturated rings. The molecule has 0 saturated carbocycles. The second-order valence-corrected chi connectivity index (χ2v) is 9.27. The van der Waals surface area contributed by atoms with Crippen LogP contribution in [0.4, 0.5) is 34.8 Å². The van der Waals surface area contributed by atoms with E-state index in [0.29, 0.717) is 11.3 Å². The van der Waals surface area contributed by atoms with Gasteiger partial charge in [0.1, 0.15) is 34.5 Å². The highest BCUT2D eigenvalue weighted by molar-refractivity contribution is 7.98. The molecule has 0 radical (unpaired) electrons. The number of benzene rings is 2. The first-order chi connectivity index (χ1) is 17.8. The number of ether oxygens (including phenoxy) is 1. The van der Waals surface area contributed by atoms with Gasteiger partial charge in [0.25, 0.3) is 11.5 Å². The van der Waals surface area contributed by atoms with Crippen LogP contribution in [0.5, 0.6) is 11.5 Å². The maximum atomic E-state index is 14.7. The molecule has 3 aromatic rings. The molecule has 0 aliphatic carbocycles. The van der Waals surface area contributed by atoms with Crippen LogP contribution in [0.25, 0.3) is 0 Å². The summed E-state index contributed by atoms with van der Waals surface area (Å²) < 4.78 is 66.1. The molecule has 8 nitrogen and oxygen atoms in total. The zero-order valence-corrected chi connectivity index (χ0v) is 22.2. The highest BCUT2D eigenvalue weighted by Crippen LogP contribution is 2.39. The molecular weight excluding hydrogens is 550 g/mol. The molecule has 0 atom stereocenters. The quantitative estimate of drug-likeness (QED) is 0.189. The predicted molar refractivity (Wildman–Crippen MR) is 141 cm³/mol. The number of anilines is 3. The Hall–Kier alpha value is -3.42. The van der Waals surface area contributed by atoms with Crippen LogP contribution in [0.15, 0.2) is 41.2 Å². The van der Waals surface area contributed by atoms with E-state index in [9.17, 15) is 27.2 Å². The monoisotopic (exact) mass is 573 g/mol. The summed E-state index contributed by atoms with van der Waals surface area (Å²) >= 11 is 7.56. The molecule has 4 N–H and O–H groups in total. The van der Waals surface area contributed by atoms with Crippen molar-refractivity contribution in [2.24, 2.45) is 7.05 Å². The predicted octanol–water partition coefficient (Wildman–Crippen LogP) is 5.82. The fraction of sp³-hybridized carbons (Fsp3) is 0.250. The number of amides is 1. The molecule has 3 rings (SSSR count). The van der Waals surface area contributed by atoms with Gasteiger partial charge in [-0.3, -0.25) is 14.2 Å². The van der Waals surface area contributed by atoms with Crippen LogP contribution in [-0.2, 0) is 7.05 Å². The average Bonchev–Trinajstić information content (AvgIpc) is 2.85. The smallest absolute Gasteiger partial charge is 0.405 e. The molecule has 0 unspecified atom stereocenters. The third kappa shape index (κ3) is 6.71. The minimum Gasteiger partial charge on any atom is -0.454 e. The van der Waals surface area contributed by atoms with Gasteiger partial charge < -0.3 is 20.1 Å². The van der Waals surface area contributed by atoms with E-state index < -0.39 is 35.6 Å². The third-order valence-electron chi connectivity index (χ3n) is 5.26. The Morgan fingerprint density at radius 3 is 2.50 bits per heavy atom. The van der Waals surface area contributed by atoms with E-state index in [4.69, 9.17) is 16.3 Å². The number of nitrogens with zero attached hydrogens (tertiary/aromatic N) is 1. The number of carbonyl (C=O) groups excluding carboxylic acids is 1. The van der Waals surface area contributed by atoms with E-state index in [1.54, 1.807) is 37.5 Å². The van der Waals surface area contributed by atoms with Gasteiger partial charge >= 0.3 is 6.18 Å². The van der Waals surface area contributed by atoms with E-state index in [0.717, 1.165) is 16.7 Å². The minimum atomic E-state index is -4.71. The molecule has 0 aliphatic rings. The first kappa shape index (κ1) is 29.1. The van der Waals surface area contributed by atoms with Crippen LogP contribution in [0.2, 0.25) is 5.02 Å². The first-order valence-corrected chi connectivity index (χ1v) is 12.2. The van der Waals surface area contributed by atoms with E-state index >= 15 is 0 Å². The fourth-order valence-corrected chi connectivity index (χ4v) is 4.05. The Balaban J connectivity index is 2.22. The Morgan fingerprint density at radius 1 is 1.16 bits per heavy atom. The molecule has 0 aliphatic heterocycles. The number of pyridine rings is 1. The van der Waals surface area contributed by atoms with Crippen molar-refractivity contribution in [1.82, 2.24) is 14.6 Å². The van der Waals surface area contributed by atoms with Crippen LogP contribution in [0.1, 0.15) is 21.5 Å². The molecule has 1 aromatic heterocycles. The van der Waals surface area contributed by atoms with Crippen LogP contribution >= 0.6 is 23.7 Å². The van der Waals surface area contributed by atoms with Crippen LogP contribution < -0.4 is 30.4 Å². The Morgan fingerprint density at radius 2 is 1.87 bits per heavy atom. The summed E-state index contributed by atoms with van der Waals surface area (Å²) in [5.41, 5.74) is -0.255. The molecule has 2 aromatic carbocycles. The maximum absolute atomic E-state index is 14.7. The Bertz CT molecular complexity index is 1420. The Labute approximate surface area is 225 Å². The zero-order valence-electron chi connectivity index (χ0n) is 20.6. The summed E-state index contributed by atoms with van der Waals surface area (Å²) in [6, 6.07) is 8.86. The topological polar surface area (TPSA) is 96.4 Å². The summed E-state index contributed by atoms with van der Waals surface area (Å²) in [5, 5.41) is 4.54. The highest BCUT2D eigenvalue weighted by Gasteiger charge is 2.32. The second kappa shape index (κ2) is 12.0. The van der Waals surface area contributed by atoms with E-state index in [2.05, 4.69) is 14.8 Å². The molecule has 0 bridgehead atoms. The molecule has 204 valence electrons. The van der Waals surface area contributed by atoms with Gasteiger partial charge in [0, 0.05) is 19.2 Å². The molecule has 0 spiro atoms. The molecular formula is C24H24ClF4N5O3S. The zero-order chi connectivity index (χ0) is 28.2. The van der Waals surface area contributed by atoms with Gasteiger partial charge in [-0.25, -0.2) is 9.11 Å². The van der Waals surface area contributed by atoms with E-state index in [1.807, 2.05) is 0 Å². The summed E-state index contributed by atoms with van der Waals surface area (Å²) in [7, 11) is 2.97. The van der Waals surface area contributed by atoms with Crippen LogP contribution in [0.3, 0.4) is 0 Å². The number of hydrogen-bond donors (Lipinski definition) is 4. The third-order valence-corrected chi connectivity index (χ3v) is 6.17. The number of halogens is 5. The number of alkyl halides is 3. The van der Waals surface area contributed by atoms with Crippen molar-refractivity contribution in [3.8, 4) is 11.5 Å². The van der Waals surface area contributed by atoms with E-state index in [-0.39, 0.29) is 33.6 Å². The van der Waals surface area contributed by atoms with E-state index in [1.165, 1.54) is 32.2 Å². The molecule has 0 saturated heterocycles. The molecule has 14 heteroatoms. The molecule has 1 amide bonds. The molecule has 1 heterocycles. The van der Waals surface area contributed by atoms with Crippen molar-refractivity contribution >= 4 is 46.8 Å². The summed E-state index contributed by atoms with van der Waals surface area (Å²) in [5.74, 6) is -2.52. The maximum Gasteiger partial charge on any atom is 0.405 e. The largest absolute Gasteiger partial charge is 0.454 e. The van der Waals surface area contributed by atoms with Crippen molar-refractivity contribution in [2.75, 3.05) is 23.6 Å². The van der Waals surface area contributed by atoms with Gasteiger partial charge in [-0.05, 0) is 50.7 Å². The van der Waals surface area contributed by atoms with Gasteiger partial charge in [-0.1, -0.05) is 23.7 Å². The van der Waals surface area contributed by atoms with Crippen molar-refractivity contribution < 1.29 is 27.1 Å². The lowest BCUT2D eigenvalue weighted by Crippen LogP contribution is -2.36. The van der Waals surface area contributed by atoms with Gasteiger partial charge in [-0.15, -0.1) is 0 Å². The van der Waals surface area contributed by atoms with Crippen LogP contribution in [-0.4, -0.2) is 30.2 Å².